The van der Waals surface area contributed by atoms with Crippen LogP contribution in [0.15, 0.2) is 18.2 Å². The average Bonchev–Trinajstić information content (AvgIpc) is 3.09. The van der Waals surface area contributed by atoms with Crippen molar-refractivity contribution in [3.63, 3.8) is 0 Å². The number of fused-ring (bicyclic) bond motifs is 1. The molecule has 7 nitrogen and oxygen atoms in total. The van der Waals surface area contributed by atoms with Crippen LogP contribution in [-0.2, 0) is 21.2 Å². The highest BCUT2D eigenvalue weighted by atomic mass is 32.2. The number of anilines is 1. The monoisotopic (exact) mass is 352 g/mol. The van der Waals surface area contributed by atoms with Gasteiger partial charge in [-0.05, 0) is 43.5 Å². The van der Waals surface area contributed by atoms with Crippen LogP contribution in [0.1, 0.15) is 29.3 Å². The number of carboxylic acids is 1. The van der Waals surface area contributed by atoms with Crippen molar-refractivity contribution in [2.45, 2.75) is 19.8 Å². The van der Waals surface area contributed by atoms with Gasteiger partial charge >= 0.3 is 5.97 Å². The fourth-order valence-electron chi connectivity index (χ4n) is 3.34. The van der Waals surface area contributed by atoms with E-state index in [0.717, 1.165) is 11.8 Å². The van der Waals surface area contributed by atoms with E-state index >= 15 is 0 Å². The maximum absolute atomic E-state index is 12.6. The van der Waals surface area contributed by atoms with Gasteiger partial charge in [0.05, 0.1) is 17.4 Å². The number of hydrogen-bond donors (Lipinski definition) is 1. The van der Waals surface area contributed by atoms with Gasteiger partial charge in [0.15, 0.2) is 0 Å². The van der Waals surface area contributed by atoms with Crippen LogP contribution in [0, 0.1) is 5.41 Å². The summed E-state index contributed by atoms with van der Waals surface area (Å²) in [6, 6.07) is 4.99. The molecule has 0 radical (unpaired) electrons. The fourth-order valence-corrected chi connectivity index (χ4v) is 4.30. The summed E-state index contributed by atoms with van der Waals surface area (Å²) in [6.45, 7) is 2.63. The van der Waals surface area contributed by atoms with E-state index in [9.17, 15) is 23.1 Å². The fraction of sp³-hybridized carbons (Fsp3) is 0.500. The molecule has 0 spiro atoms. The van der Waals surface area contributed by atoms with E-state index < -0.39 is 21.4 Å². The minimum atomic E-state index is -3.32. The molecular weight excluding hydrogens is 332 g/mol. The number of rotatable bonds is 3. The Bertz CT molecular complexity index is 820. The topological polar surface area (TPSA) is 95.0 Å². The number of carbonyl (C=O) groups is 2. The second kappa shape index (κ2) is 5.47. The molecule has 1 saturated heterocycles. The number of carbonyl (C=O) groups excluding carboxylic acids is 1. The van der Waals surface area contributed by atoms with Crippen molar-refractivity contribution in [3.05, 3.63) is 29.3 Å². The number of aliphatic carboxylic acids is 1. The predicted octanol–water partition coefficient (Wildman–Crippen LogP) is 0.946. The van der Waals surface area contributed by atoms with Crippen molar-refractivity contribution < 1.29 is 23.1 Å². The Morgan fingerprint density at radius 2 is 1.96 bits per heavy atom. The first-order valence-electron chi connectivity index (χ1n) is 7.75. The summed E-state index contributed by atoms with van der Waals surface area (Å²) in [7, 11) is -3.32. The summed E-state index contributed by atoms with van der Waals surface area (Å²) in [5, 5.41) is 9.27. The van der Waals surface area contributed by atoms with Crippen molar-refractivity contribution >= 4 is 27.6 Å². The van der Waals surface area contributed by atoms with Crippen molar-refractivity contribution in [2.24, 2.45) is 5.41 Å². The van der Waals surface area contributed by atoms with E-state index in [2.05, 4.69) is 0 Å². The van der Waals surface area contributed by atoms with Gasteiger partial charge in [-0.1, -0.05) is 0 Å². The van der Waals surface area contributed by atoms with Gasteiger partial charge in [-0.3, -0.25) is 13.9 Å². The van der Waals surface area contributed by atoms with Gasteiger partial charge in [-0.15, -0.1) is 0 Å². The molecule has 0 unspecified atom stereocenters. The Balaban J connectivity index is 1.83. The van der Waals surface area contributed by atoms with Crippen LogP contribution in [-0.4, -0.2) is 56.2 Å². The molecule has 8 heteroatoms. The lowest BCUT2D eigenvalue weighted by molar-refractivity contribution is -0.147. The van der Waals surface area contributed by atoms with Gasteiger partial charge < -0.3 is 10.0 Å². The van der Waals surface area contributed by atoms with Gasteiger partial charge in [0, 0.05) is 25.2 Å². The highest BCUT2D eigenvalue weighted by molar-refractivity contribution is 7.92. The molecule has 1 amide bonds. The average molecular weight is 352 g/mol. The lowest BCUT2D eigenvalue weighted by Gasteiger charge is -2.21. The summed E-state index contributed by atoms with van der Waals surface area (Å²) < 4.78 is 24.9. The third-order valence-electron chi connectivity index (χ3n) is 4.86. The molecule has 3 rings (SSSR count). The summed E-state index contributed by atoms with van der Waals surface area (Å²) in [5.41, 5.74) is 1.01. The first kappa shape index (κ1) is 16.8. The molecule has 0 saturated carbocycles. The Kier molecular flexibility index (Phi) is 3.82. The second-order valence-corrected chi connectivity index (χ2v) is 8.68. The lowest BCUT2D eigenvalue weighted by Crippen LogP contribution is -2.34. The molecule has 2 heterocycles. The van der Waals surface area contributed by atoms with Gasteiger partial charge in [0.1, 0.15) is 0 Å². The van der Waals surface area contributed by atoms with Gasteiger partial charge in [-0.25, -0.2) is 8.42 Å². The van der Waals surface area contributed by atoms with E-state index in [-0.39, 0.29) is 12.5 Å². The first-order valence-corrected chi connectivity index (χ1v) is 9.60. The minimum Gasteiger partial charge on any atom is -0.481 e. The third kappa shape index (κ3) is 2.75. The van der Waals surface area contributed by atoms with Crippen LogP contribution < -0.4 is 4.31 Å². The molecule has 1 atom stereocenters. The first-order chi connectivity index (χ1) is 11.1. The highest BCUT2D eigenvalue weighted by Gasteiger charge is 2.42. The van der Waals surface area contributed by atoms with Crippen molar-refractivity contribution in [1.29, 1.82) is 0 Å². The Morgan fingerprint density at radius 3 is 2.54 bits per heavy atom. The van der Waals surface area contributed by atoms with E-state index in [0.29, 0.717) is 37.2 Å². The number of amides is 1. The maximum Gasteiger partial charge on any atom is 0.311 e. The van der Waals surface area contributed by atoms with E-state index in [1.807, 2.05) is 0 Å². The second-order valence-electron chi connectivity index (χ2n) is 6.77. The predicted molar refractivity (Wildman–Crippen MR) is 88.6 cm³/mol. The van der Waals surface area contributed by atoms with Crippen LogP contribution in [0.4, 0.5) is 5.69 Å². The largest absolute Gasteiger partial charge is 0.481 e. The van der Waals surface area contributed by atoms with E-state index in [1.54, 1.807) is 30.0 Å². The zero-order valence-corrected chi connectivity index (χ0v) is 14.5. The number of benzene rings is 1. The summed E-state index contributed by atoms with van der Waals surface area (Å²) in [5.74, 6) is -1.10. The normalized spacial score (nSPS) is 23.4. The Morgan fingerprint density at radius 1 is 1.25 bits per heavy atom. The van der Waals surface area contributed by atoms with Crippen LogP contribution in [0.5, 0.6) is 0 Å². The van der Waals surface area contributed by atoms with Gasteiger partial charge in [0.25, 0.3) is 5.91 Å². The number of likely N-dealkylation sites (tertiary alicyclic amines) is 1. The van der Waals surface area contributed by atoms with Crippen molar-refractivity contribution in [3.8, 4) is 0 Å². The van der Waals surface area contributed by atoms with Crippen molar-refractivity contribution in [1.82, 2.24) is 4.90 Å². The van der Waals surface area contributed by atoms with Gasteiger partial charge in [-0.2, -0.15) is 0 Å². The quantitative estimate of drug-likeness (QED) is 0.874. The molecule has 130 valence electrons. The number of nitrogens with zero attached hydrogens (tertiary/aromatic N) is 2. The molecule has 0 aromatic heterocycles. The van der Waals surface area contributed by atoms with Crippen LogP contribution >= 0.6 is 0 Å². The smallest absolute Gasteiger partial charge is 0.311 e. The zero-order chi connectivity index (χ0) is 17.7. The number of hydrogen-bond acceptors (Lipinski definition) is 4. The highest BCUT2D eigenvalue weighted by Crippen LogP contribution is 2.33. The third-order valence-corrected chi connectivity index (χ3v) is 6.04. The molecular formula is C16H20N2O5S. The molecule has 1 N–H and O–H groups in total. The molecule has 2 aliphatic heterocycles. The van der Waals surface area contributed by atoms with Crippen LogP contribution in [0.3, 0.4) is 0 Å². The molecule has 1 fully saturated rings. The SMILES string of the molecule is C[C@@]1(C(=O)O)CCN(C(=O)c2ccc3c(c2)CCN3S(C)(=O)=O)C1. The van der Waals surface area contributed by atoms with E-state index in [1.165, 1.54) is 4.31 Å². The minimum absolute atomic E-state index is 0.188. The van der Waals surface area contributed by atoms with Gasteiger partial charge in [0.2, 0.25) is 10.0 Å². The lowest BCUT2D eigenvalue weighted by atomic mass is 9.90. The number of sulfonamides is 1. The zero-order valence-electron chi connectivity index (χ0n) is 13.7. The Hall–Kier alpha value is -2.09. The van der Waals surface area contributed by atoms with E-state index in [4.69, 9.17) is 0 Å². The standard InChI is InChI=1S/C16H20N2O5S/c1-16(15(20)21)6-8-17(10-16)14(19)12-3-4-13-11(9-12)5-7-18(13)24(2,22)23/h3-4,9H,5-8,10H2,1-2H3,(H,20,21)/t16-/m1/s1. The number of carboxylic acid groups (broad SMARTS) is 1. The molecule has 1 aromatic carbocycles. The molecule has 1 aromatic rings. The Labute approximate surface area is 140 Å². The maximum atomic E-state index is 12.6. The summed E-state index contributed by atoms with van der Waals surface area (Å²) in [4.78, 5) is 25.5. The summed E-state index contributed by atoms with van der Waals surface area (Å²) in [6.07, 6.45) is 2.16. The van der Waals surface area contributed by atoms with Crippen molar-refractivity contribution in [2.75, 3.05) is 30.2 Å². The molecule has 24 heavy (non-hydrogen) atoms. The molecule has 0 aliphatic carbocycles. The molecule has 2 aliphatic rings. The van der Waals surface area contributed by atoms with Crippen LogP contribution in [0.25, 0.3) is 0 Å². The summed E-state index contributed by atoms with van der Waals surface area (Å²) >= 11 is 0. The molecule has 0 bridgehead atoms. The van der Waals surface area contributed by atoms with Crippen LogP contribution in [0.2, 0.25) is 0 Å².